The normalized spacial score (nSPS) is 26.3. The Morgan fingerprint density at radius 1 is 1.32 bits per heavy atom. The monoisotopic (exact) mass is 297 g/mol. The van der Waals surface area contributed by atoms with Crippen molar-refractivity contribution >= 4 is 5.91 Å². The molecule has 1 N–H and O–H groups in total. The number of rotatable bonds is 4. The number of nitrogens with zero attached hydrogens (tertiary/aromatic N) is 2. The summed E-state index contributed by atoms with van der Waals surface area (Å²) in [5, 5.41) is 3.11. The van der Waals surface area contributed by atoms with Crippen LogP contribution in [-0.4, -0.2) is 33.7 Å². The van der Waals surface area contributed by atoms with Gasteiger partial charge in [0, 0.05) is 24.5 Å². The summed E-state index contributed by atoms with van der Waals surface area (Å²) in [6.07, 6.45) is 9.21. The van der Waals surface area contributed by atoms with Crippen molar-refractivity contribution in [1.29, 1.82) is 0 Å². The molecule has 0 spiro atoms. The maximum atomic E-state index is 12.3. The van der Waals surface area contributed by atoms with E-state index in [0.717, 1.165) is 31.4 Å². The topological polar surface area (TPSA) is 56.1 Å². The van der Waals surface area contributed by atoms with Gasteiger partial charge in [-0.05, 0) is 37.0 Å². The molecule has 2 aliphatic rings. The smallest absolute Gasteiger partial charge is 0.251 e. The van der Waals surface area contributed by atoms with Crippen LogP contribution < -0.4 is 5.32 Å². The van der Waals surface area contributed by atoms with Crippen LogP contribution in [0.1, 0.15) is 35.2 Å². The van der Waals surface area contributed by atoms with E-state index in [1.807, 2.05) is 35.0 Å². The maximum Gasteiger partial charge on any atom is 0.251 e. The second kappa shape index (κ2) is 5.57. The third kappa shape index (κ3) is 2.64. The first-order valence-electron chi connectivity index (χ1n) is 7.79. The largest absolute Gasteiger partial charge is 0.373 e. The van der Waals surface area contributed by atoms with Crippen molar-refractivity contribution in [3.8, 4) is 0 Å². The van der Waals surface area contributed by atoms with Gasteiger partial charge in [0.2, 0.25) is 0 Å². The van der Waals surface area contributed by atoms with Crippen LogP contribution in [0, 0.1) is 0 Å². The lowest BCUT2D eigenvalue weighted by Gasteiger charge is -2.20. The van der Waals surface area contributed by atoms with Crippen molar-refractivity contribution in [3.05, 3.63) is 54.1 Å². The molecular weight excluding hydrogens is 278 g/mol. The number of carbonyl (C=O) groups excluding carboxylic acids is 1. The lowest BCUT2D eigenvalue weighted by atomic mass is 9.95. The Morgan fingerprint density at radius 2 is 2.18 bits per heavy atom. The number of nitrogens with one attached hydrogen (secondary N) is 1. The molecule has 5 nitrogen and oxygen atoms in total. The summed E-state index contributed by atoms with van der Waals surface area (Å²) in [5.74, 6) is -0.00432. The molecule has 2 aromatic rings. The molecule has 2 fully saturated rings. The summed E-state index contributed by atoms with van der Waals surface area (Å²) < 4.78 is 7.78. The van der Waals surface area contributed by atoms with Crippen molar-refractivity contribution in [2.24, 2.45) is 0 Å². The van der Waals surface area contributed by atoms with Crippen molar-refractivity contribution in [2.45, 2.75) is 44.1 Å². The molecule has 5 heteroatoms. The minimum Gasteiger partial charge on any atom is -0.373 e. The van der Waals surface area contributed by atoms with Crippen molar-refractivity contribution in [2.75, 3.05) is 0 Å². The summed E-state index contributed by atoms with van der Waals surface area (Å²) in [6.45, 7) is 0.766. The molecule has 2 aliphatic heterocycles. The fourth-order valence-corrected chi connectivity index (χ4v) is 3.39. The molecule has 1 amide bonds. The van der Waals surface area contributed by atoms with Gasteiger partial charge in [-0.25, -0.2) is 4.98 Å². The van der Waals surface area contributed by atoms with Gasteiger partial charge in [-0.2, -0.15) is 0 Å². The molecular formula is C17H19N3O2. The first kappa shape index (κ1) is 13.5. The minimum absolute atomic E-state index is 0.00432. The molecule has 1 aromatic carbocycles. The first-order chi connectivity index (χ1) is 10.8. The van der Waals surface area contributed by atoms with Crippen LogP contribution in [-0.2, 0) is 11.3 Å². The summed E-state index contributed by atoms with van der Waals surface area (Å²) in [5.41, 5.74) is 1.86. The van der Waals surface area contributed by atoms with Gasteiger partial charge >= 0.3 is 0 Å². The number of hydrogen-bond acceptors (Lipinski definition) is 3. The fraction of sp³-hybridized carbons (Fsp3) is 0.412. The zero-order chi connectivity index (χ0) is 14.9. The summed E-state index contributed by atoms with van der Waals surface area (Å²) in [6, 6.07) is 7.93. The molecule has 0 aliphatic carbocycles. The summed E-state index contributed by atoms with van der Waals surface area (Å²) in [4.78, 5) is 16.4. The zero-order valence-electron chi connectivity index (χ0n) is 12.3. The Kier molecular flexibility index (Phi) is 3.42. The molecule has 3 unspecified atom stereocenters. The van der Waals surface area contributed by atoms with Crippen LogP contribution in [0.25, 0.3) is 0 Å². The highest BCUT2D eigenvalue weighted by atomic mass is 16.5. The number of amides is 1. The van der Waals surface area contributed by atoms with Gasteiger partial charge in [-0.3, -0.25) is 4.79 Å². The van der Waals surface area contributed by atoms with Crippen molar-refractivity contribution in [1.82, 2.24) is 14.9 Å². The van der Waals surface area contributed by atoms with Crippen molar-refractivity contribution < 1.29 is 9.53 Å². The van der Waals surface area contributed by atoms with Gasteiger partial charge in [0.1, 0.15) is 0 Å². The van der Waals surface area contributed by atoms with E-state index in [-0.39, 0.29) is 18.1 Å². The van der Waals surface area contributed by atoms with Crippen LogP contribution in [0.15, 0.2) is 43.0 Å². The molecule has 2 saturated heterocycles. The number of aromatic nitrogens is 2. The van der Waals surface area contributed by atoms with Crippen molar-refractivity contribution in [3.63, 3.8) is 0 Å². The molecule has 2 bridgehead atoms. The van der Waals surface area contributed by atoms with Gasteiger partial charge in [0.25, 0.3) is 5.91 Å². The summed E-state index contributed by atoms with van der Waals surface area (Å²) in [7, 11) is 0. The van der Waals surface area contributed by atoms with Crippen LogP contribution in [0.2, 0.25) is 0 Å². The van der Waals surface area contributed by atoms with E-state index >= 15 is 0 Å². The zero-order valence-corrected chi connectivity index (χ0v) is 12.3. The molecule has 114 valence electrons. The second-order valence-corrected chi connectivity index (χ2v) is 6.12. The fourth-order valence-electron chi connectivity index (χ4n) is 3.39. The molecule has 3 heterocycles. The van der Waals surface area contributed by atoms with E-state index in [0.29, 0.717) is 11.7 Å². The van der Waals surface area contributed by atoms with Gasteiger partial charge in [0.15, 0.2) is 0 Å². The molecule has 0 radical (unpaired) electrons. The third-order valence-corrected chi connectivity index (χ3v) is 4.56. The minimum atomic E-state index is -0.00432. The number of imidazole rings is 1. The Hall–Kier alpha value is -2.14. The average molecular weight is 297 g/mol. The summed E-state index contributed by atoms with van der Waals surface area (Å²) >= 11 is 0. The van der Waals surface area contributed by atoms with Crippen LogP contribution in [0.4, 0.5) is 0 Å². The Morgan fingerprint density at radius 3 is 2.82 bits per heavy atom. The highest BCUT2D eigenvalue weighted by Gasteiger charge is 2.41. The second-order valence-electron chi connectivity index (χ2n) is 6.12. The van der Waals surface area contributed by atoms with Gasteiger partial charge in [-0.1, -0.05) is 12.1 Å². The molecule has 22 heavy (non-hydrogen) atoms. The number of hydrogen-bond donors (Lipinski definition) is 1. The van der Waals surface area contributed by atoms with E-state index < -0.39 is 0 Å². The average Bonchev–Trinajstić information content (AvgIpc) is 3.25. The SMILES string of the molecule is O=C(NC1CC2CCC1O2)c1ccc(Cn2ccnc2)cc1. The Labute approximate surface area is 129 Å². The van der Waals surface area contributed by atoms with Crippen LogP contribution in [0.3, 0.4) is 0 Å². The lowest BCUT2D eigenvalue weighted by molar-refractivity contribution is 0.0841. The van der Waals surface area contributed by atoms with E-state index in [1.165, 1.54) is 0 Å². The van der Waals surface area contributed by atoms with E-state index in [2.05, 4.69) is 10.3 Å². The molecule has 0 saturated carbocycles. The van der Waals surface area contributed by atoms with E-state index in [4.69, 9.17) is 4.74 Å². The standard InChI is InChI=1S/C17H19N3O2/c21-17(19-15-9-14-5-6-16(15)22-14)13-3-1-12(2-4-13)10-20-8-7-18-11-20/h1-4,7-8,11,14-16H,5-6,9-10H2,(H,19,21). The third-order valence-electron chi connectivity index (χ3n) is 4.56. The van der Waals surface area contributed by atoms with Gasteiger partial charge < -0.3 is 14.6 Å². The Balaban J connectivity index is 1.38. The predicted molar refractivity (Wildman–Crippen MR) is 81.5 cm³/mol. The highest BCUT2D eigenvalue weighted by molar-refractivity contribution is 5.94. The molecule has 4 rings (SSSR count). The number of benzene rings is 1. The maximum absolute atomic E-state index is 12.3. The highest BCUT2D eigenvalue weighted by Crippen LogP contribution is 2.34. The Bertz CT molecular complexity index is 651. The van der Waals surface area contributed by atoms with Gasteiger partial charge in [0.05, 0.1) is 24.6 Å². The molecule has 3 atom stereocenters. The lowest BCUT2D eigenvalue weighted by Crippen LogP contribution is -2.41. The van der Waals surface area contributed by atoms with E-state index in [1.54, 1.807) is 12.5 Å². The first-order valence-corrected chi connectivity index (χ1v) is 7.79. The van der Waals surface area contributed by atoms with Crippen LogP contribution >= 0.6 is 0 Å². The quantitative estimate of drug-likeness (QED) is 0.939. The predicted octanol–water partition coefficient (Wildman–Crippen LogP) is 1.98. The van der Waals surface area contributed by atoms with Crippen LogP contribution in [0.5, 0.6) is 0 Å². The van der Waals surface area contributed by atoms with Gasteiger partial charge in [-0.15, -0.1) is 0 Å². The molecule has 1 aromatic heterocycles. The number of carbonyl (C=O) groups is 1. The number of ether oxygens (including phenoxy) is 1. The van der Waals surface area contributed by atoms with E-state index in [9.17, 15) is 4.79 Å². The number of fused-ring (bicyclic) bond motifs is 2.